The Balaban J connectivity index is 2.38. The van der Waals surface area contributed by atoms with Crippen molar-refractivity contribution in [2.75, 3.05) is 18.5 Å². The van der Waals surface area contributed by atoms with E-state index in [4.69, 9.17) is 5.11 Å². The Morgan fingerprint density at radius 3 is 2.84 bits per heavy atom. The SMILES string of the molecule is CCCC(CCO)CNC(=O)Nc1cccc(F)c1. The number of aliphatic hydroxyl groups is 1. The summed E-state index contributed by atoms with van der Waals surface area (Å²) in [7, 11) is 0. The third kappa shape index (κ3) is 6.20. The number of aliphatic hydroxyl groups excluding tert-OH is 1. The van der Waals surface area contributed by atoms with Gasteiger partial charge in [0.05, 0.1) is 0 Å². The summed E-state index contributed by atoms with van der Waals surface area (Å²) in [5.41, 5.74) is 0.423. The zero-order valence-corrected chi connectivity index (χ0v) is 11.2. The molecule has 4 nitrogen and oxygen atoms in total. The first-order valence-corrected chi connectivity index (χ1v) is 6.57. The lowest BCUT2D eigenvalue weighted by Gasteiger charge is -2.16. The number of urea groups is 1. The molecule has 0 bridgehead atoms. The molecule has 1 unspecified atom stereocenters. The fourth-order valence-electron chi connectivity index (χ4n) is 1.92. The molecule has 1 atom stereocenters. The molecule has 1 rings (SSSR count). The van der Waals surface area contributed by atoms with Crippen LogP contribution < -0.4 is 10.6 Å². The number of carbonyl (C=O) groups is 1. The predicted molar refractivity (Wildman–Crippen MR) is 73.5 cm³/mol. The van der Waals surface area contributed by atoms with Crippen LogP contribution in [0.1, 0.15) is 26.2 Å². The second kappa shape index (κ2) is 8.48. The molecule has 0 aliphatic rings. The summed E-state index contributed by atoms with van der Waals surface area (Å²) in [6.45, 7) is 2.70. The van der Waals surface area contributed by atoms with Gasteiger partial charge in [-0.25, -0.2) is 9.18 Å². The van der Waals surface area contributed by atoms with Crippen molar-refractivity contribution in [3.63, 3.8) is 0 Å². The average molecular weight is 268 g/mol. The molecule has 19 heavy (non-hydrogen) atoms. The third-order valence-electron chi connectivity index (χ3n) is 2.87. The molecule has 2 amide bonds. The predicted octanol–water partition coefficient (Wildman–Crippen LogP) is 2.75. The fourth-order valence-corrected chi connectivity index (χ4v) is 1.92. The molecular weight excluding hydrogens is 247 g/mol. The van der Waals surface area contributed by atoms with Gasteiger partial charge in [-0.05, 0) is 37.0 Å². The number of hydrogen-bond donors (Lipinski definition) is 3. The summed E-state index contributed by atoms with van der Waals surface area (Å²) < 4.78 is 12.9. The van der Waals surface area contributed by atoms with Gasteiger partial charge in [0, 0.05) is 18.8 Å². The van der Waals surface area contributed by atoms with Crippen LogP contribution in [0.5, 0.6) is 0 Å². The molecule has 0 aromatic heterocycles. The Morgan fingerprint density at radius 1 is 1.42 bits per heavy atom. The number of amides is 2. The molecule has 0 fully saturated rings. The van der Waals surface area contributed by atoms with Gasteiger partial charge in [0.1, 0.15) is 5.82 Å². The Hall–Kier alpha value is -1.62. The normalized spacial score (nSPS) is 11.9. The number of rotatable bonds is 7. The van der Waals surface area contributed by atoms with Crippen molar-refractivity contribution in [1.82, 2.24) is 5.32 Å². The highest BCUT2D eigenvalue weighted by Crippen LogP contribution is 2.11. The monoisotopic (exact) mass is 268 g/mol. The number of anilines is 1. The molecule has 0 heterocycles. The van der Waals surface area contributed by atoms with Gasteiger partial charge in [-0.2, -0.15) is 0 Å². The van der Waals surface area contributed by atoms with E-state index in [0.717, 1.165) is 12.8 Å². The summed E-state index contributed by atoms with van der Waals surface area (Å²) in [6.07, 6.45) is 2.65. The third-order valence-corrected chi connectivity index (χ3v) is 2.87. The highest BCUT2D eigenvalue weighted by molar-refractivity contribution is 5.89. The standard InChI is InChI=1S/C14H21FN2O2/c1-2-4-11(7-8-18)10-16-14(19)17-13-6-3-5-12(15)9-13/h3,5-6,9,11,18H,2,4,7-8,10H2,1H3,(H2,16,17,19). The zero-order chi connectivity index (χ0) is 14.1. The lowest BCUT2D eigenvalue weighted by atomic mass is 10.0. The quantitative estimate of drug-likeness (QED) is 0.712. The number of halogens is 1. The first kappa shape index (κ1) is 15.4. The summed E-state index contributed by atoms with van der Waals surface area (Å²) in [5, 5.41) is 14.2. The van der Waals surface area contributed by atoms with Crippen LogP contribution in [0.15, 0.2) is 24.3 Å². The Kier molecular flexibility index (Phi) is 6.89. The van der Waals surface area contributed by atoms with Crippen LogP contribution in [0.2, 0.25) is 0 Å². The van der Waals surface area contributed by atoms with Crippen LogP contribution in [-0.2, 0) is 0 Å². The van der Waals surface area contributed by atoms with E-state index in [2.05, 4.69) is 17.6 Å². The van der Waals surface area contributed by atoms with Gasteiger partial charge in [0.2, 0.25) is 0 Å². The molecule has 0 aliphatic carbocycles. The van der Waals surface area contributed by atoms with Crippen molar-refractivity contribution in [3.8, 4) is 0 Å². The second-order valence-corrected chi connectivity index (χ2v) is 4.51. The highest BCUT2D eigenvalue weighted by Gasteiger charge is 2.09. The van der Waals surface area contributed by atoms with E-state index in [1.807, 2.05) is 0 Å². The van der Waals surface area contributed by atoms with Gasteiger partial charge in [-0.3, -0.25) is 0 Å². The van der Waals surface area contributed by atoms with Gasteiger partial charge in [-0.1, -0.05) is 19.4 Å². The fraction of sp³-hybridized carbons (Fsp3) is 0.500. The Labute approximate surface area is 113 Å². The van der Waals surface area contributed by atoms with Crippen molar-refractivity contribution in [3.05, 3.63) is 30.1 Å². The molecule has 106 valence electrons. The van der Waals surface area contributed by atoms with E-state index >= 15 is 0 Å². The first-order chi connectivity index (χ1) is 9.15. The maximum atomic E-state index is 12.9. The largest absolute Gasteiger partial charge is 0.396 e. The Bertz CT molecular complexity index is 393. The van der Waals surface area contributed by atoms with E-state index in [-0.39, 0.29) is 24.4 Å². The van der Waals surface area contributed by atoms with Gasteiger partial charge in [0.15, 0.2) is 0 Å². The smallest absolute Gasteiger partial charge is 0.319 e. The number of hydrogen-bond acceptors (Lipinski definition) is 2. The molecule has 1 aromatic rings. The van der Waals surface area contributed by atoms with Crippen LogP contribution in [0.3, 0.4) is 0 Å². The number of nitrogens with one attached hydrogen (secondary N) is 2. The zero-order valence-electron chi connectivity index (χ0n) is 11.2. The van der Waals surface area contributed by atoms with E-state index < -0.39 is 0 Å². The van der Waals surface area contributed by atoms with Crippen molar-refractivity contribution < 1.29 is 14.3 Å². The van der Waals surface area contributed by atoms with Crippen LogP contribution in [0.25, 0.3) is 0 Å². The maximum Gasteiger partial charge on any atom is 0.319 e. The van der Waals surface area contributed by atoms with E-state index in [1.165, 1.54) is 18.2 Å². The van der Waals surface area contributed by atoms with Crippen LogP contribution in [0.4, 0.5) is 14.9 Å². The maximum absolute atomic E-state index is 12.9. The molecule has 1 aromatic carbocycles. The molecule has 5 heteroatoms. The molecular formula is C14H21FN2O2. The second-order valence-electron chi connectivity index (χ2n) is 4.51. The summed E-state index contributed by atoms with van der Waals surface area (Å²) in [4.78, 5) is 11.6. The van der Waals surface area contributed by atoms with Crippen molar-refractivity contribution in [2.24, 2.45) is 5.92 Å². The van der Waals surface area contributed by atoms with Crippen LogP contribution >= 0.6 is 0 Å². The summed E-state index contributed by atoms with van der Waals surface area (Å²) in [5.74, 6) is -0.116. The lowest BCUT2D eigenvalue weighted by molar-refractivity contribution is 0.236. The minimum Gasteiger partial charge on any atom is -0.396 e. The molecule has 3 N–H and O–H groups in total. The van der Waals surface area contributed by atoms with Crippen molar-refractivity contribution in [2.45, 2.75) is 26.2 Å². The summed E-state index contributed by atoms with van der Waals surface area (Å²) in [6, 6.07) is 5.39. The van der Waals surface area contributed by atoms with Crippen LogP contribution in [-0.4, -0.2) is 24.3 Å². The van der Waals surface area contributed by atoms with Gasteiger partial charge in [-0.15, -0.1) is 0 Å². The minimum absolute atomic E-state index is 0.123. The lowest BCUT2D eigenvalue weighted by Crippen LogP contribution is -2.33. The average Bonchev–Trinajstić information content (AvgIpc) is 2.36. The van der Waals surface area contributed by atoms with Crippen LogP contribution in [0, 0.1) is 11.7 Å². The summed E-state index contributed by atoms with van der Waals surface area (Å²) >= 11 is 0. The van der Waals surface area contributed by atoms with E-state index in [0.29, 0.717) is 18.7 Å². The van der Waals surface area contributed by atoms with Crippen molar-refractivity contribution >= 4 is 11.7 Å². The van der Waals surface area contributed by atoms with E-state index in [9.17, 15) is 9.18 Å². The van der Waals surface area contributed by atoms with E-state index in [1.54, 1.807) is 6.07 Å². The highest BCUT2D eigenvalue weighted by atomic mass is 19.1. The molecule has 0 radical (unpaired) electrons. The van der Waals surface area contributed by atoms with Crippen molar-refractivity contribution in [1.29, 1.82) is 0 Å². The van der Waals surface area contributed by atoms with Gasteiger partial charge in [0.25, 0.3) is 0 Å². The van der Waals surface area contributed by atoms with Gasteiger partial charge >= 0.3 is 6.03 Å². The number of benzene rings is 1. The first-order valence-electron chi connectivity index (χ1n) is 6.57. The van der Waals surface area contributed by atoms with Gasteiger partial charge < -0.3 is 15.7 Å². The molecule has 0 saturated carbocycles. The Morgan fingerprint density at radius 2 is 2.21 bits per heavy atom. The number of carbonyl (C=O) groups excluding carboxylic acids is 1. The topological polar surface area (TPSA) is 61.4 Å². The minimum atomic E-state index is -0.387. The molecule has 0 saturated heterocycles. The molecule has 0 aliphatic heterocycles. The molecule has 0 spiro atoms.